The van der Waals surface area contributed by atoms with Crippen LogP contribution in [0.1, 0.15) is 18.9 Å². The zero-order chi connectivity index (χ0) is 19.2. The number of hydrogen-bond donors (Lipinski definition) is 2. The minimum absolute atomic E-state index is 0.152. The van der Waals surface area contributed by atoms with Crippen molar-refractivity contribution in [1.29, 1.82) is 0 Å². The third kappa shape index (κ3) is 5.72. The van der Waals surface area contributed by atoms with E-state index in [2.05, 4.69) is 10.0 Å². The lowest BCUT2D eigenvalue weighted by Gasteiger charge is -2.10. The first-order valence-corrected chi connectivity index (χ1v) is 9.96. The fraction of sp³-hybridized carbons (Fsp3) is 0.278. The van der Waals surface area contributed by atoms with Crippen molar-refractivity contribution < 1.29 is 17.9 Å². The van der Waals surface area contributed by atoms with Crippen molar-refractivity contribution in [2.45, 2.75) is 25.2 Å². The second-order valence-electron chi connectivity index (χ2n) is 5.67. The Bertz CT molecular complexity index is 867. The average molecular weight is 397 g/mol. The van der Waals surface area contributed by atoms with Crippen molar-refractivity contribution in [3.05, 3.63) is 53.1 Å². The number of nitrogens with one attached hydrogen (secondary N) is 2. The highest BCUT2D eigenvalue weighted by Crippen LogP contribution is 2.20. The summed E-state index contributed by atoms with van der Waals surface area (Å²) in [5.41, 5.74) is 1.51. The number of rotatable bonds is 8. The van der Waals surface area contributed by atoms with Gasteiger partial charge >= 0.3 is 0 Å². The van der Waals surface area contributed by atoms with Gasteiger partial charge in [0.05, 0.1) is 4.90 Å². The number of anilines is 1. The van der Waals surface area contributed by atoms with Crippen LogP contribution in [-0.4, -0.2) is 27.5 Å². The van der Waals surface area contributed by atoms with Gasteiger partial charge in [0.2, 0.25) is 10.0 Å². The van der Waals surface area contributed by atoms with E-state index in [0.717, 1.165) is 5.56 Å². The van der Waals surface area contributed by atoms with E-state index in [0.29, 0.717) is 29.4 Å². The van der Waals surface area contributed by atoms with E-state index < -0.39 is 10.0 Å². The Morgan fingerprint density at radius 3 is 2.46 bits per heavy atom. The van der Waals surface area contributed by atoms with Crippen LogP contribution < -0.4 is 14.8 Å². The molecule has 8 heteroatoms. The molecule has 0 heterocycles. The number of benzene rings is 2. The average Bonchev–Trinajstić information content (AvgIpc) is 2.61. The van der Waals surface area contributed by atoms with Crippen LogP contribution in [0.25, 0.3) is 0 Å². The molecule has 0 atom stereocenters. The van der Waals surface area contributed by atoms with Gasteiger partial charge in [0.1, 0.15) is 5.75 Å². The highest BCUT2D eigenvalue weighted by atomic mass is 35.5. The number of carbonyl (C=O) groups excluding carboxylic acids is 1. The summed E-state index contributed by atoms with van der Waals surface area (Å²) in [6, 6.07) is 11.1. The van der Waals surface area contributed by atoms with Crippen molar-refractivity contribution in [2.75, 3.05) is 18.5 Å². The minimum atomic E-state index is -3.52. The summed E-state index contributed by atoms with van der Waals surface area (Å²) in [6.07, 6.45) is 0.711. The molecule has 0 fully saturated rings. The number of ether oxygens (including phenoxy) is 1. The molecular weight excluding hydrogens is 376 g/mol. The standard InChI is InChI=1S/C18H21ClN2O4S/c1-3-10-20-26(23,24)16-7-5-15(6-8-16)25-12-18(22)21-17-9-4-14(19)11-13(17)2/h4-9,11,20H,3,10,12H2,1-2H3,(H,21,22). The van der Waals surface area contributed by atoms with Gasteiger partial charge in [0.15, 0.2) is 6.61 Å². The molecule has 0 aliphatic rings. The summed E-state index contributed by atoms with van der Waals surface area (Å²) in [7, 11) is -3.52. The molecule has 6 nitrogen and oxygen atoms in total. The normalized spacial score (nSPS) is 11.2. The van der Waals surface area contributed by atoms with Crippen LogP contribution in [0.3, 0.4) is 0 Å². The predicted molar refractivity (Wildman–Crippen MR) is 102 cm³/mol. The Morgan fingerprint density at radius 2 is 1.85 bits per heavy atom. The summed E-state index contributed by atoms with van der Waals surface area (Å²) in [5.74, 6) is 0.0825. The molecule has 2 N–H and O–H groups in total. The number of sulfonamides is 1. The topological polar surface area (TPSA) is 84.5 Å². The summed E-state index contributed by atoms with van der Waals surface area (Å²) < 4.78 is 31.9. The number of hydrogen-bond acceptors (Lipinski definition) is 4. The van der Waals surface area contributed by atoms with Crippen LogP contribution in [-0.2, 0) is 14.8 Å². The van der Waals surface area contributed by atoms with Gasteiger partial charge < -0.3 is 10.1 Å². The lowest BCUT2D eigenvalue weighted by Crippen LogP contribution is -2.24. The molecule has 0 saturated heterocycles. The van der Waals surface area contributed by atoms with Gasteiger partial charge in [-0.2, -0.15) is 0 Å². The molecule has 2 rings (SSSR count). The van der Waals surface area contributed by atoms with Crippen molar-refractivity contribution >= 4 is 33.2 Å². The summed E-state index contributed by atoms with van der Waals surface area (Å²) in [5, 5.41) is 3.34. The van der Waals surface area contributed by atoms with Crippen LogP contribution in [0.2, 0.25) is 5.02 Å². The number of halogens is 1. The summed E-state index contributed by atoms with van der Waals surface area (Å²) in [4.78, 5) is 12.1. The molecule has 0 aliphatic carbocycles. The Labute approximate surface area is 158 Å². The van der Waals surface area contributed by atoms with Crippen molar-refractivity contribution in [3.63, 3.8) is 0 Å². The maximum absolute atomic E-state index is 12.0. The predicted octanol–water partition coefficient (Wildman–Crippen LogP) is 3.35. The molecule has 0 unspecified atom stereocenters. The molecule has 0 spiro atoms. The van der Waals surface area contributed by atoms with Crippen LogP contribution in [0.15, 0.2) is 47.4 Å². The zero-order valence-corrected chi connectivity index (χ0v) is 16.2. The van der Waals surface area contributed by atoms with Crippen LogP contribution in [0, 0.1) is 6.92 Å². The summed E-state index contributed by atoms with van der Waals surface area (Å²) >= 11 is 5.88. The molecule has 1 amide bonds. The van der Waals surface area contributed by atoms with Gasteiger partial charge in [-0.1, -0.05) is 18.5 Å². The first-order chi connectivity index (χ1) is 12.3. The molecule has 0 saturated carbocycles. The first kappa shape index (κ1) is 20.2. The largest absolute Gasteiger partial charge is 0.484 e. The third-order valence-electron chi connectivity index (χ3n) is 3.51. The molecule has 2 aromatic carbocycles. The van der Waals surface area contributed by atoms with Gasteiger partial charge in [0.25, 0.3) is 5.91 Å². The van der Waals surface area contributed by atoms with Crippen molar-refractivity contribution in [2.24, 2.45) is 0 Å². The van der Waals surface area contributed by atoms with E-state index in [1.807, 2.05) is 13.8 Å². The van der Waals surface area contributed by atoms with Crippen LogP contribution in [0.5, 0.6) is 5.75 Å². The van der Waals surface area contributed by atoms with Crippen molar-refractivity contribution in [3.8, 4) is 5.75 Å². The Balaban J connectivity index is 1.92. The highest BCUT2D eigenvalue weighted by molar-refractivity contribution is 7.89. The monoisotopic (exact) mass is 396 g/mol. The van der Waals surface area contributed by atoms with E-state index >= 15 is 0 Å². The van der Waals surface area contributed by atoms with E-state index in [9.17, 15) is 13.2 Å². The smallest absolute Gasteiger partial charge is 0.262 e. The molecule has 0 aromatic heterocycles. The Hall–Kier alpha value is -2.09. The van der Waals surface area contributed by atoms with Crippen LogP contribution in [0.4, 0.5) is 5.69 Å². The third-order valence-corrected chi connectivity index (χ3v) is 5.22. The first-order valence-electron chi connectivity index (χ1n) is 8.10. The van der Waals surface area contributed by atoms with Gasteiger partial charge in [-0.05, 0) is 61.4 Å². The Kier molecular flexibility index (Phi) is 7.02. The molecular formula is C18H21ClN2O4S. The maximum atomic E-state index is 12.0. The van der Waals surface area contributed by atoms with Gasteiger partial charge in [-0.15, -0.1) is 0 Å². The quantitative estimate of drug-likeness (QED) is 0.716. The molecule has 140 valence electrons. The number of aryl methyl sites for hydroxylation is 1. The van der Waals surface area contributed by atoms with E-state index in [4.69, 9.17) is 16.3 Å². The van der Waals surface area contributed by atoms with E-state index in [1.54, 1.807) is 18.2 Å². The Morgan fingerprint density at radius 1 is 1.15 bits per heavy atom. The lowest BCUT2D eigenvalue weighted by atomic mass is 10.2. The van der Waals surface area contributed by atoms with Gasteiger partial charge in [-0.3, -0.25) is 4.79 Å². The lowest BCUT2D eigenvalue weighted by molar-refractivity contribution is -0.118. The highest BCUT2D eigenvalue weighted by Gasteiger charge is 2.13. The van der Waals surface area contributed by atoms with E-state index in [-0.39, 0.29) is 17.4 Å². The summed E-state index contributed by atoms with van der Waals surface area (Å²) in [6.45, 7) is 3.91. The second-order valence-corrected chi connectivity index (χ2v) is 7.87. The van der Waals surface area contributed by atoms with Gasteiger partial charge in [-0.25, -0.2) is 13.1 Å². The molecule has 0 bridgehead atoms. The van der Waals surface area contributed by atoms with E-state index in [1.165, 1.54) is 24.3 Å². The SMILES string of the molecule is CCCNS(=O)(=O)c1ccc(OCC(=O)Nc2ccc(Cl)cc2C)cc1. The maximum Gasteiger partial charge on any atom is 0.262 e. The van der Waals surface area contributed by atoms with Gasteiger partial charge in [0, 0.05) is 17.3 Å². The number of amides is 1. The molecule has 0 radical (unpaired) electrons. The fourth-order valence-corrected chi connectivity index (χ4v) is 3.50. The zero-order valence-electron chi connectivity index (χ0n) is 14.6. The minimum Gasteiger partial charge on any atom is -0.484 e. The van der Waals surface area contributed by atoms with Crippen LogP contribution >= 0.6 is 11.6 Å². The second kappa shape index (κ2) is 9.02. The number of carbonyl (C=O) groups is 1. The molecule has 2 aromatic rings. The molecule has 0 aliphatic heterocycles. The fourth-order valence-electron chi connectivity index (χ4n) is 2.14. The molecule has 26 heavy (non-hydrogen) atoms. The van der Waals surface area contributed by atoms with Crippen molar-refractivity contribution in [1.82, 2.24) is 4.72 Å².